The molecule has 1 heterocycles. The minimum absolute atomic E-state index is 0. The van der Waals surface area contributed by atoms with Gasteiger partial charge in [-0.05, 0) is 39.4 Å². The quantitative estimate of drug-likeness (QED) is 0.401. The van der Waals surface area contributed by atoms with E-state index in [0.717, 1.165) is 38.5 Å². The summed E-state index contributed by atoms with van der Waals surface area (Å²) in [6.07, 6.45) is 2.24. The maximum Gasteiger partial charge on any atom is 0.191 e. The molecule has 1 saturated heterocycles. The molecule has 24 heavy (non-hydrogen) atoms. The molecule has 1 aliphatic heterocycles. The molecule has 0 aliphatic carbocycles. The van der Waals surface area contributed by atoms with Crippen molar-refractivity contribution in [2.45, 2.75) is 31.4 Å². The van der Waals surface area contributed by atoms with E-state index >= 15 is 0 Å². The van der Waals surface area contributed by atoms with Crippen molar-refractivity contribution in [2.24, 2.45) is 4.99 Å². The molecule has 136 valence electrons. The molecule has 2 N–H and O–H groups in total. The Hall–Kier alpha value is -0.860. The second kappa shape index (κ2) is 10.2. The monoisotopic (exact) mass is 446 g/mol. The van der Waals surface area contributed by atoms with Crippen molar-refractivity contribution >= 4 is 29.9 Å². The Bertz CT molecular complexity index is 501. The first kappa shape index (κ1) is 21.2. The first-order valence-electron chi connectivity index (χ1n) is 8.34. The SMILES string of the molecule is CN=C(NCC(c1ccccc1)N(C)C)NCC1(C)CCCO1.I. The van der Waals surface area contributed by atoms with Gasteiger partial charge in [-0.1, -0.05) is 30.3 Å². The zero-order valence-electron chi connectivity index (χ0n) is 15.2. The van der Waals surface area contributed by atoms with E-state index < -0.39 is 0 Å². The Balaban J connectivity index is 0.00000288. The van der Waals surface area contributed by atoms with Crippen LogP contribution >= 0.6 is 24.0 Å². The van der Waals surface area contributed by atoms with Crippen LogP contribution in [0.3, 0.4) is 0 Å². The number of nitrogens with zero attached hydrogens (tertiary/aromatic N) is 2. The first-order valence-corrected chi connectivity index (χ1v) is 8.34. The zero-order valence-corrected chi connectivity index (χ0v) is 17.5. The topological polar surface area (TPSA) is 48.9 Å². The van der Waals surface area contributed by atoms with Gasteiger partial charge in [0.1, 0.15) is 0 Å². The average molecular weight is 446 g/mol. The number of benzene rings is 1. The molecule has 0 amide bonds. The van der Waals surface area contributed by atoms with Crippen molar-refractivity contribution in [1.29, 1.82) is 0 Å². The van der Waals surface area contributed by atoms with Gasteiger partial charge < -0.3 is 20.3 Å². The molecule has 1 aliphatic rings. The van der Waals surface area contributed by atoms with Crippen molar-refractivity contribution in [3.63, 3.8) is 0 Å². The number of guanidine groups is 1. The second-order valence-corrected chi connectivity index (χ2v) is 6.60. The van der Waals surface area contributed by atoms with E-state index in [9.17, 15) is 0 Å². The van der Waals surface area contributed by atoms with Crippen molar-refractivity contribution in [1.82, 2.24) is 15.5 Å². The maximum atomic E-state index is 5.81. The molecular formula is C18H31IN4O. The molecule has 6 heteroatoms. The van der Waals surface area contributed by atoms with Gasteiger partial charge in [-0.15, -0.1) is 24.0 Å². The Morgan fingerprint density at radius 3 is 2.54 bits per heavy atom. The molecule has 2 unspecified atom stereocenters. The normalized spacial score (nSPS) is 22.1. The molecule has 0 aromatic heterocycles. The summed E-state index contributed by atoms with van der Waals surface area (Å²) in [4.78, 5) is 6.54. The zero-order chi connectivity index (χ0) is 16.7. The van der Waals surface area contributed by atoms with E-state index in [4.69, 9.17) is 4.74 Å². The standard InChI is InChI=1S/C18H30N4O.HI/c1-18(11-8-12-23-18)14-21-17(19-2)20-13-16(22(3)4)15-9-6-5-7-10-15;/h5-7,9-10,16H,8,11-14H2,1-4H3,(H2,19,20,21);1H. The number of nitrogens with one attached hydrogen (secondary N) is 2. The van der Waals surface area contributed by atoms with Crippen LogP contribution in [0.4, 0.5) is 0 Å². The predicted octanol–water partition coefficient (Wildman–Crippen LogP) is 2.64. The molecule has 0 saturated carbocycles. The van der Waals surface area contributed by atoms with Gasteiger partial charge in [-0.25, -0.2) is 0 Å². The van der Waals surface area contributed by atoms with Gasteiger partial charge in [0.25, 0.3) is 0 Å². The molecular weight excluding hydrogens is 415 g/mol. The number of hydrogen-bond donors (Lipinski definition) is 2. The second-order valence-electron chi connectivity index (χ2n) is 6.60. The van der Waals surface area contributed by atoms with Crippen LogP contribution in [0.25, 0.3) is 0 Å². The summed E-state index contributed by atoms with van der Waals surface area (Å²) in [6.45, 7) is 4.60. The van der Waals surface area contributed by atoms with E-state index in [2.05, 4.69) is 65.8 Å². The summed E-state index contributed by atoms with van der Waals surface area (Å²) in [7, 11) is 6.01. The Morgan fingerprint density at radius 2 is 2.00 bits per heavy atom. The van der Waals surface area contributed by atoms with Crippen LogP contribution in [-0.2, 0) is 4.74 Å². The molecule has 0 radical (unpaired) electrons. The third-order valence-electron chi connectivity index (χ3n) is 4.42. The van der Waals surface area contributed by atoms with Crippen LogP contribution in [-0.4, -0.2) is 57.3 Å². The van der Waals surface area contributed by atoms with Gasteiger partial charge in [0.05, 0.1) is 11.6 Å². The van der Waals surface area contributed by atoms with Gasteiger partial charge in [0.2, 0.25) is 0 Å². The highest BCUT2D eigenvalue weighted by atomic mass is 127. The summed E-state index contributed by atoms with van der Waals surface area (Å²) in [5.41, 5.74) is 1.23. The summed E-state index contributed by atoms with van der Waals surface area (Å²) < 4.78 is 5.81. The third kappa shape index (κ3) is 6.22. The van der Waals surface area contributed by atoms with Crippen molar-refractivity contribution in [2.75, 3.05) is 40.8 Å². The number of halogens is 1. The third-order valence-corrected chi connectivity index (χ3v) is 4.42. The van der Waals surface area contributed by atoms with E-state index in [-0.39, 0.29) is 29.6 Å². The van der Waals surface area contributed by atoms with Crippen LogP contribution in [0.2, 0.25) is 0 Å². The molecule has 5 nitrogen and oxygen atoms in total. The van der Waals surface area contributed by atoms with Gasteiger partial charge in [0.15, 0.2) is 5.96 Å². The Morgan fingerprint density at radius 1 is 1.29 bits per heavy atom. The number of rotatable bonds is 6. The highest BCUT2D eigenvalue weighted by Gasteiger charge is 2.29. The molecule has 0 spiro atoms. The molecule has 1 fully saturated rings. The van der Waals surface area contributed by atoms with Crippen molar-refractivity contribution in [3.8, 4) is 0 Å². The highest BCUT2D eigenvalue weighted by Crippen LogP contribution is 2.23. The lowest BCUT2D eigenvalue weighted by Gasteiger charge is -2.28. The summed E-state index contributed by atoms with van der Waals surface area (Å²) in [6, 6.07) is 10.8. The highest BCUT2D eigenvalue weighted by molar-refractivity contribution is 14.0. The molecule has 2 atom stereocenters. The first-order chi connectivity index (χ1) is 11.0. The van der Waals surface area contributed by atoms with E-state index in [0.29, 0.717) is 6.04 Å². The fourth-order valence-electron chi connectivity index (χ4n) is 2.93. The number of aliphatic imine (C=N–C) groups is 1. The molecule has 0 bridgehead atoms. The largest absolute Gasteiger partial charge is 0.373 e. The van der Waals surface area contributed by atoms with Crippen LogP contribution in [0, 0.1) is 0 Å². The smallest absolute Gasteiger partial charge is 0.191 e. The van der Waals surface area contributed by atoms with E-state index in [1.54, 1.807) is 7.05 Å². The minimum Gasteiger partial charge on any atom is -0.373 e. The minimum atomic E-state index is -0.0714. The summed E-state index contributed by atoms with van der Waals surface area (Å²) in [5.74, 6) is 0.824. The molecule has 1 aromatic carbocycles. The fraction of sp³-hybridized carbons (Fsp3) is 0.611. The summed E-state index contributed by atoms with van der Waals surface area (Å²) >= 11 is 0. The lowest BCUT2D eigenvalue weighted by atomic mass is 10.0. The van der Waals surface area contributed by atoms with E-state index in [1.165, 1.54) is 5.56 Å². The lowest BCUT2D eigenvalue weighted by Crippen LogP contribution is -2.47. The van der Waals surface area contributed by atoms with Gasteiger partial charge >= 0.3 is 0 Å². The number of likely N-dealkylation sites (N-methyl/N-ethyl adjacent to an activating group) is 1. The fourth-order valence-corrected chi connectivity index (χ4v) is 2.93. The molecule has 2 rings (SSSR count). The van der Waals surface area contributed by atoms with Crippen LogP contribution in [0.5, 0.6) is 0 Å². The lowest BCUT2D eigenvalue weighted by molar-refractivity contribution is 0.0242. The number of ether oxygens (including phenoxy) is 1. The average Bonchev–Trinajstić information content (AvgIpc) is 2.98. The van der Waals surface area contributed by atoms with Crippen LogP contribution in [0.15, 0.2) is 35.3 Å². The predicted molar refractivity (Wildman–Crippen MR) is 111 cm³/mol. The molecule has 1 aromatic rings. The van der Waals surface area contributed by atoms with Crippen LogP contribution in [0.1, 0.15) is 31.4 Å². The van der Waals surface area contributed by atoms with Crippen LogP contribution < -0.4 is 10.6 Å². The van der Waals surface area contributed by atoms with Crippen molar-refractivity contribution < 1.29 is 4.74 Å². The van der Waals surface area contributed by atoms with E-state index in [1.807, 2.05) is 6.07 Å². The number of hydrogen-bond acceptors (Lipinski definition) is 3. The van der Waals surface area contributed by atoms with Gasteiger partial charge in [-0.2, -0.15) is 0 Å². The van der Waals surface area contributed by atoms with Gasteiger partial charge in [0, 0.05) is 26.7 Å². The Labute approximate surface area is 163 Å². The maximum absolute atomic E-state index is 5.81. The summed E-state index contributed by atoms with van der Waals surface area (Å²) in [5, 5.41) is 6.83. The Kier molecular flexibility index (Phi) is 9.01. The van der Waals surface area contributed by atoms with Crippen molar-refractivity contribution in [3.05, 3.63) is 35.9 Å². The van der Waals surface area contributed by atoms with Gasteiger partial charge in [-0.3, -0.25) is 4.99 Å².